The second-order valence-corrected chi connectivity index (χ2v) is 6.17. The van der Waals surface area contributed by atoms with Crippen LogP contribution in [0.15, 0.2) is 34.3 Å². The van der Waals surface area contributed by atoms with Crippen LogP contribution >= 0.6 is 11.3 Å². The van der Waals surface area contributed by atoms with Gasteiger partial charge in [-0.2, -0.15) is 0 Å². The lowest BCUT2D eigenvalue weighted by atomic mass is 10.3. The number of thiophene rings is 1. The molecule has 7 heteroatoms. The first-order valence-electron chi connectivity index (χ1n) is 6.99. The molecule has 3 heterocycles. The van der Waals surface area contributed by atoms with Crippen molar-refractivity contribution in [2.45, 2.75) is 32.0 Å². The van der Waals surface area contributed by atoms with E-state index in [1.54, 1.807) is 16.0 Å². The van der Waals surface area contributed by atoms with Crippen LogP contribution in [0.5, 0.6) is 0 Å². The van der Waals surface area contributed by atoms with Gasteiger partial charge in [-0.15, -0.1) is 16.4 Å². The van der Waals surface area contributed by atoms with Gasteiger partial charge in [0, 0.05) is 18.7 Å². The summed E-state index contributed by atoms with van der Waals surface area (Å²) in [5.41, 5.74) is 1.81. The van der Waals surface area contributed by atoms with Gasteiger partial charge >= 0.3 is 0 Å². The van der Waals surface area contributed by atoms with E-state index in [-0.39, 0.29) is 0 Å². The maximum absolute atomic E-state index is 5.36. The Hall–Kier alpha value is -1.99. The molecule has 6 nitrogen and oxygen atoms in total. The molecular weight excluding hydrogens is 286 g/mol. The summed E-state index contributed by atoms with van der Waals surface area (Å²) in [6, 6.07) is 6.65. The number of aromatic nitrogens is 4. The Balaban J connectivity index is 1.41. The molecule has 4 rings (SSSR count). The van der Waals surface area contributed by atoms with Crippen molar-refractivity contribution in [1.29, 1.82) is 0 Å². The van der Waals surface area contributed by atoms with Gasteiger partial charge in [0.05, 0.1) is 23.3 Å². The molecule has 0 spiro atoms. The number of nitrogens with zero attached hydrogens (tertiary/aromatic N) is 4. The molecule has 0 aliphatic heterocycles. The lowest BCUT2D eigenvalue weighted by Crippen LogP contribution is -2.15. The van der Waals surface area contributed by atoms with Crippen LogP contribution in [-0.4, -0.2) is 26.2 Å². The molecule has 1 saturated carbocycles. The van der Waals surface area contributed by atoms with E-state index >= 15 is 0 Å². The fourth-order valence-corrected chi connectivity index (χ4v) is 2.79. The zero-order chi connectivity index (χ0) is 14.1. The van der Waals surface area contributed by atoms with E-state index in [9.17, 15) is 0 Å². The van der Waals surface area contributed by atoms with Crippen LogP contribution in [-0.2, 0) is 13.1 Å². The lowest BCUT2D eigenvalue weighted by Gasteiger charge is -1.96. The third kappa shape index (κ3) is 3.03. The second-order valence-electron chi connectivity index (χ2n) is 5.22. The fourth-order valence-electron chi connectivity index (χ4n) is 2.12. The van der Waals surface area contributed by atoms with Gasteiger partial charge in [-0.1, -0.05) is 16.4 Å². The highest BCUT2D eigenvalue weighted by Crippen LogP contribution is 2.25. The molecule has 21 heavy (non-hydrogen) atoms. The second kappa shape index (κ2) is 5.42. The summed E-state index contributed by atoms with van der Waals surface area (Å²) >= 11 is 1.64. The number of nitrogens with one attached hydrogen (secondary N) is 1. The van der Waals surface area contributed by atoms with Crippen LogP contribution in [0, 0.1) is 0 Å². The van der Waals surface area contributed by atoms with E-state index < -0.39 is 0 Å². The van der Waals surface area contributed by atoms with Gasteiger partial charge in [-0.05, 0) is 24.3 Å². The number of hydrogen-bond donors (Lipinski definition) is 1. The standard InChI is InChI=1S/C14H15N5OS/c1-2-14(21-5-1)13-6-11(17-20-13)8-19-9-12(16-18-19)7-15-10-3-4-10/h1-2,5-6,9-10,15H,3-4,7-8H2. The highest BCUT2D eigenvalue weighted by Gasteiger charge is 2.20. The van der Waals surface area contributed by atoms with Gasteiger partial charge in [-0.3, -0.25) is 0 Å². The van der Waals surface area contributed by atoms with E-state index in [1.165, 1.54) is 12.8 Å². The fraction of sp³-hybridized carbons (Fsp3) is 0.357. The van der Waals surface area contributed by atoms with Crippen molar-refractivity contribution in [2.75, 3.05) is 0 Å². The Morgan fingerprint density at radius 2 is 2.33 bits per heavy atom. The van der Waals surface area contributed by atoms with Crippen LogP contribution in [0.25, 0.3) is 10.6 Å². The molecule has 0 bridgehead atoms. The maximum Gasteiger partial charge on any atom is 0.177 e. The maximum atomic E-state index is 5.36. The summed E-state index contributed by atoms with van der Waals surface area (Å²) in [6.45, 7) is 1.36. The summed E-state index contributed by atoms with van der Waals surface area (Å²) in [7, 11) is 0. The van der Waals surface area contributed by atoms with Crippen molar-refractivity contribution >= 4 is 11.3 Å². The summed E-state index contributed by atoms with van der Waals surface area (Å²) in [5, 5.41) is 17.8. The Morgan fingerprint density at radius 1 is 1.38 bits per heavy atom. The average molecular weight is 301 g/mol. The predicted octanol–water partition coefficient (Wildman–Crippen LogP) is 2.29. The Labute approximate surface area is 125 Å². The summed E-state index contributed by atoms with van der Waals surface area (Å²) < 4.78 is 7.15. The SMILES string of the molecule is c1csc(-c2cc(Cn3cc(CNC4CC4)nn3)no2)c1. The van der Waals surface area contributed by atoms with Crippen LogP contribution in [0.4, 0.5) is 0 Å². The highest BCUT2D eigenvalue weighted by atomic mass is 32.1. The first-order valence-corrected chi connectivity index (χ1v) is 7.87. The molecule has 1 aliphatic rings. The van der Waals surface area contributed by atoms with Crippen LogP contribution in [0.3, 0.4) is 0 Å². The average Bonchev–Trinajstić information content (AvgIpc) is 2.93. The van der Waals surface area contributed by atoms with E-state index in [0.29, 0.717) is 12.6 Å². The van der Waals surface area contributed by atoms with E-state index in [1.807, 2.05) is 29.8 Å². The van der Waals surface area contributed by atoms with E-state index in [2.05, 4.69) is 20.8 Å². The van der Waals surface area contributed by atoms with Gasteiger partial charge in [0.25, 0.3) is 0 Å². The minimum atomic E-state index is 0.575. The quantitative estimate of drug-likeness (QED) is 0.756. The minimum absolute atomic E-state index is 0.575. The topological polar surface area (TPSA) is 68.8 Å². The normalized spacial score (nSPS) is 14.7. The zero-order valence-electron chi connectivity index (χ0n) is 11.4. The van der Waals surface area contributed by atoms with E-state index in [0.717, 1.165) is 28.6 Å². The monoisotopic (exact) mass is 301 g/mol. The lowest BCUT2D eigenvalue weighted by molar-refractivity contribution is 0.419. The summed E-state index contributed by atoms with van der Waals surface area (Å²) in [5.74, 6) is 0.802. The van der Waals surface area contributed by atoms with Crippen LogP contribution < -0.4 is 5.32 Å². The molecule has 0 radical (unpaired) electrons. The van der Waals surface area contributed by atoms with E-state index in [4.69, 9.17) is 4.52 Å². The predicted molar refractivity (Wildman–Crippen MR) is 78.8 cm³/mol. The Kier molecular flexibility index (Phi) is 3.28. The van der Waals surface area contributed by atoms with Crippen molar-refractivity contribution in [2.24, 2.45) is 0 Å². The Morgan fingerprint density at radius 3 is 3.14 bits per heavy atom. The Bertz CT molecular complexity index is 713. The number of hydrogen-bond acceptors (Lipinski definition) is 6. The highest BCUT2D eigenvalue weighted by molar-refractivity contribution is 7.13. The third-order valence-electron chi connectivity index (χ3n) is 3.38. The third-order valence-corrected chi connectivity index (χ3v) is 4.27. The van der Waals surface area contributed by atoms with Crippen LogP contribution in [0.1, 0.15) is 24.2 Å². The molecule has 1 aliphatic carbocycles. The van der Waals surface area contributed by atoms with Gasteiger partial charge in [0.1, 0.15) is 5.69 Å². The van der Waals surface area contributed by atoms with Crippen LogP contribution in [0.2, 0.25) is 0 Å². The molecule has 0 saturated heterocycles. The van der Waals surface area contributed by atoms with Gasteiger partial charge in [0.2, 0.25) is 0 Å². The first kappa shape index (κ1) is 12.7. The molecule has 108 valence electrons. The molecule has 1 N–H and O–H groups in total. The molecule has 0 unspecified atom stereocenters. The van der Waals surface area contributed by atoms with Gasteiger partial charge in [-0.25, -0.2) is 4.68 Å². The van der Waals surface area contributed by atoms with Gasteiger partial charge < -0.3 is 9.84 Å². The summed E-state index contributed by atoms with van der Waals surface area (Å²) in [4.78, 5) is 1.08. The van der Waals surface area contributed by atoms with Gasteiger partial charge in [0.15, 0.2) is 5.76 Å². The minimum Gasteiger partial charge on any atom is -0.355 e. The van der Waals surface area contributed by atoms with Crippen molar-refractivity contribution < 1.29 is 4.52 Å². The molecule has 1 fully saturated rings. The van der Waals surface area contributed by atoms with Crippen molar-refractivity contribution in [3.05, 3.63) is 41.2 Å². The summed E-state index contributed by atoms with van der Waals surface area (Å²) in [6.07, 6.45) is 4.51. The smallest absolute Gasteiger partial charge is 0.177 e. The molecule has 0 atom stereocenters. The zero-order valence-corrected chi connectivity index (χ0v) is 12.2. The first-order chi connectivity index (χ1) is 10.4. The molecule has 0 amide bonds. The molecular formula is C14H15N5OS. The molecule has 3 aromatic heterocycles. The molecule has 0 aromatic carbocycles. The van der Waals surface area contributed by atoms with Crippen molar-refractivity contribution in [3.8, 4) is 10.6 Å². The van der Waals surface area contributed by atoms with Crippen molar-refractivity contribution in [3.63, 3.8) is 0 Å². The molecule has 3 aromatic rings. The largest absolute Gasteiger partial charge is 0.355 e. The van der Waals surface area contributed by atoms with Crippen molar-refractivity contribution in [1.82, 2.24) is 25.5 Å². The number of rotatable bonds is 6.